The maximum absolute atomic E-state index is 12.2. The zero-order chi connectivity index (χ0) is 14.3. The van der Waals surface area contributed by atoms with E-state index in [0.29, 0.717) is 0 Å². The molecule has 106 valence electrons. The molecule has 0 amide bonds. The van der Waals surface area contributed by atoms with Crippen molar-refractivity contribution in [2.75, 3.05) is 0 Å². The molecule has 1 aromatic carbocycles. The fraction of sp³-hybridized carbons (Fsp3) is 0.471. The summed E-state index contributed by atoms with van der Waals surface area (Å²) in [6.07, 6.45) is 4.96. The Morgan fingerprint density at radius 3 is 2.50 bits per heavy atom. The van der Waals surface area contributed by atoms with Gasteiger partial charge in [0, 0.05) is 11.3 Å². The quantitative estimate of drug-likeness (QED) is 0.893. The SMILES string of the molecule is Cc1[nH]n(C(C)c2ccc3c(c2)CCCC3)c(=O)c1C. The number of fused-ring (bicyclic) bond motifs is 1. The zero-order valence-electron chi connectivity index (χ0n) is 12.5. The van der Waals surface area contributed by atoms with Gasteiger partial charge in [-0.15, -0.1) is 0 Å². The molecule has 0 radical (unpaired) electrons. The third kappa shape index (κ3) is 2.11. The summed E-state index contributed by atoms with van der Waals surface area (Å²) < 4.78 is 1.75. The summed E-state index contributed by atoms with van der Waals surface area (Å²) in [6, 6.07) is 6.76. The summed E-state index contributed by atoms with van der Waals surface area (Å²) in [6.45, 7) is 5.92. The maximum atomic E-state index is 12.2. The first-order chi connectivity index (χ1) is 9.58. The zero-order valence-corrected chi connectivity index (χ0v) is 12.5. The van der Waals surface area contributed by atoms with E-state index < -0.39 is 0 Å². The molecule has 1 aromatic heterocycles. The molecule has 3 rings (SSSR count). The number of nitrogens with zero attached hydrogens (tertiary/aromatic N) is 1. The van der Waals surface area contributed by atoms with Gasteiger partial charge in [-0.25, -0.2) is 4.68 Å². The van der Waals surface area contributed by atoms with Crippen LogP contribution >= 0.6 is 0 Å². The van der Waals surface area contributed by atoms with Crippen molar-refractivity contribution in [1.29, 1.82) is 0 Å². The first kappa shape index (κ1) is 13.2. The topological polar surface area (TPSA) is 37.8 Å². The number of hydrogen-bond donors (Lipinski definition) is 1. The van der Waals surface area contributed by atoms with Gasteiger partial charge in [-0.2, -0.15) is 0 Å². The first-order valence-electron chi connectivity index (χ1n) is 7.47. The molecule has 20 heavy (non-hydrogen) atoms. The molecule has 2 aromatic rings. The number of H-pyrrole nitrogens is 1. The molecule has 0 saturated heterocycles. The molecule has 0 spiro atoms. The molecule has 0 aliphatic heterocycles. The average molecular weight is 270 g/mol. The number of aromatic amines is 1. The van der Waals surface area contributed by atoms with Crippen LogP contribution in [-0.4, -0.2) is 9.78 Å². The molecule has 1 aliphatic carbocycles. The molecular weight excluding hydrogens is 248 g/mol. The van der Waals surface area contributed by atoms with E-state index in [1.165, 1.54) is 42.4 Å². The number of aryl methyl sites for hydroxylation is 3. The van der Waals surface area contributed by atoms with E-state index >= 15 is 0 Å². The van der Waals surface area contributed by atoms with Crippen LogP contribution in [0.4, 0.5) is 0 Å². The maximum Gasteiger partial charge on any atom is 0.270 e. The van der Waals surface area contributed by atoms with E-state index in [-0.39, 0.29) is 11.6 Å². The Morgan fingerprint density at radius 2 is 1.85 bits per heavy atom. The van der Waals surface area contributed by atoms with Crippen molar-refractivity contribution in [2.24, 2.45) is 0 Å². The number of nitrogens with one attached hydrogen (secondary N) is 1. The number of hydrogen-bond acceptors (Lipinski definition) is 1. The molecule has 1 N–H and O–H groups in total. The molecule has 3 heteroatoms. The predicted molar refractivity (Wildman–Crippen MR) is 81.4 cm³/mol. The Bertz CT molecular complexity index is 694. The Labute approximate surface area is 119 Å². The smallest absolute Gasteiger partial charge is 0.270 e. The standard InChI is InChI=1S/C17H22N2O/c1-11-12(2)18-19(17(11)20)13(3)15-9-8-14-6-4-5-7-16(14)10-15/h8-10,13,18H,4-7H2,1-3H3. The van der Waals surface area contributed by atoms with Crippen molar-refractivity contribution in [3.63, 3.8) is 0 Å². The summed E-state index contributed by atoms with van der Waals surface area (Å²) >= 11 is 0. The Hall–Kier alpha value is -1.77. The van der Waals surface area contributed by atoms with E-state index in [1.807, 2.05) is 13.8 Å². The lowest BCUT2D eigenvalue weighted by Gasteiger charge is -2.19. The van der Waals surface area contributed by atoms with Crippen molar-refractivity contribution in [3.05, 3.63) is 56.5 Å². The minimum Gasteiger partial charge on any atom is -0.299 e. The van der Waals surface area contributed by atoms with Gasteiger partial charge in [0.2, 0.25) is 0 Å². The van der Waals surface area contributed by atoms with E-state index in [9.17, 15) is 4.79 Å². The monoisotopic (exact) mass is 270 g/mol. The third-order valence-electron chi connectivity index (χ3n) is 4.63. The summed E-state index contributed by atoms with van der Waals surface area (Å²) in [5.41, 5.74) is 6.03. The first-order valence-corrected chi connectivity index (χ1v) is 7.47. The molecule has 0 saturated carbocycles. The summed E-state index contributed by atoms with van der Waals surface area (Å²) in [4.78, 5) is 12.2. The van der Waals surface area contributed by atoms with Gasteiger partial charge in [-0.1, -0.05) is 18.2 Å². The van der Waals surface area contributed by atoms with Crippen LogP contribution in [0.25, 0.3) is 0 Å². The Kier molecular flexibility index (Phi) is 3.28. The summed E-state index contributed by atoms with van der Waals surface area (Å²) in [5.74, 6) is 0. The molecule has 1 heterocycles. The second-order valence-electron chi connectivity index (χ2n) is 5.95. The van der Waals surface area contributed by atoms with Crippen LogP contribution in [-0.2, 0) is 12.8 Å². The van der Waals surface area contributed by atoms with Gasteiger partial charge in [-0.05, 0) is 63.1 Å². The van der Waals surface area contributed by atoms with Gasteiger partial charge in [0.15, 0.2) is 0 Å². The van der Waals surface area contributed by atoms with Crippen LogP contribution < -0.4 is 5.56 Å². The van der Waals surface area contributed by atoms with Gasteiger partial charge in [0.05, 0.1) is 6.04 Å². The molecule has 3 nitrogen and oxygen atoms in total. The lowest BCUT2D eigenvalue weighted by molar-refractivity contribution is 0.542. The van der Waals surface area contributed by atoms with Crippen LogP contribution in [0.15, 0.2) is 23.0 Å². The highest BCUT2D eigenvalue weighted by Gasteiger charge is 2.16. The van der Waals surface area contributed by atoms with Crippen LogP contribution in [0.2, 0.25) is 0 Å². The summed E-state index contributed by atoms with van der Waals surface area (Å²) in [5, 5.41) is 3.20. The van der Waals surface area contributed by atoms with Crippen molar-refractivity contribution in [1.82, 2.24) is 9.78 Å². The van der Waals surface area contributed by atoms with E-state index in [4.69, 9.17) is 0 Å². The van der Waals surface area contributed by atoms with Gasteiger partial charge >= 0.3 is 0 Å². The number of rotatable bonds is 2. The minimum atomic E-state index is 0.0575. The van der Waals surface area contributed by atoms with Gasteiger partial charge in [0.25, 0.3) is 5.56 Å². The van der Waals surface area contributed by atoms with Crippen molar-refractivity contribution >= 4 is 0 Å². The highest BCUT2D eigenvalue weighted by molar-refractivity contribution is 5.35. The Morgan fingerprint density at radius 1 is 1.15 bits per heavy atom. The second kappa shape index (κ2) is 4.97. The van der Waals surface area contributed by atoms with Crippen LogP contribution in [0.3, 0.4) is 0 Å². The molecule has 1 atom stereocenters. The molecule has 0 fully saturated rings. The lowest BCUT2D eigenvalue weighted by atomic mass is 9.89. The van der Waals surface area contributed by atoms with Gasteiger partial charge in [0.1, 0.15) is 0 Å². The fourth-order valence-electron chi connectivity index (χ4n) is 3.09. The highest BCUT2D eigenvalue weighted by atomic mass is 16.1. The van der Waals surface area contributed by atoms with Crippen LogP contribution in [0, 0.1) is 13.8 Å². The fourth-order valence-corrected chi connectivity index (χ4v) is 3.09. The largest absolute Gasteiger partial charge is 0.299 e. The normalized spacial score (nSPS) is 15.9. The average Bonchev–Trinajstić information content (AvgIpc) is 2.73. The van der Waals surface area contributed by atoms with Crippen molar-refractivity contribution in [2.45, 2.75) is 52.5 Å². The predicted octanol–water partition coefficient (Wildman–Crippen LogP) is 3.28. The molecule has 0 bridgehead atoms. The number of aromatic nitrogens is 2. The van der Waals surface area contributed by atoms with Crippen molar-refractivity contribution in [3.8, 4) is 0 Å². The second-order valence-corrected chi connectivity index (χ2v) is 5.95. The lowest BCUT2D eigenvalue weighted by Crippen LogP contribution is -2.22. The summed E-state index contributed by atoms with van der Waals surface area (Å²) in [7, 11) is 0. The highest BCUT2D eigenvalue weighted by Crippen LogP contribution is 2.25. The Balaban J connectivity index is 2.00. The molecule has 1 aliphatic rings. The van der Waals surface area contributed by atoms with E-state index in [1.54, 1.807) is 4.68 Å². The van der Waals surface area contributed by atoms with Gasteiger partial charge in [-0.3, -0.25) is 9.89 Å². The van der Waals surface area contributed by atoms with E-state index in [0.717, 1.165) is 11.3 Å². The van der Waals surface area contributed by atoms with Crippen LogP contribution in [0.5, 0.6) is 0 Å². The van der Waals surface area contributed by atoms with Crippen molar-refractivity contribution < 1.29 is 0 Å². The minimum absolute atomic E-state index is 0.0575. The molecular formula is C17H22N2O. The molecule has 1 unspecified atom stereocenters. The number of benzene rings is 1. The van der Waals surface area contributed by atoms with E-state index in [2.05, 4.69) is 30.2 Å². The van der Waals surface area contributed by atoms with Crippen LogP contribution in [0.1, 0.15) is 53.8 Å². The third-order valence-corrected chi connectivity index (χ3v) is 4.63. The van der Waals surface area contributed by atoms with Gasteiger partial charge < -0.3 is 0 Å².